The van der Waals surface area contributed by atoms with E-state index >= 15 is 0 Å². The van der Waals surface area contributed by atoms with E-state index in [4.69, 9.17) is 11.6 Å². The Labute approximate surface area is 185 Å². The molecule has 3 N–H and O–H groups in total. The number of para-hydroxylation sites is 1. The zero-order valence-corrected chi connectivity index (χ0v) is 18.8. The second kappa shape index (κ2) is 12.0. The lowest BCUT2D eigenvalue weighted by molar-refractivity contribution is -0.122. The van der Waals surface area contributed by atoms with Gasteiger partial charge in [0.25, 0.3) is 0 Å². The van der Waals surface area contributed by atoms with Gasteiger partial charge in [-0.3, -0.25) is 14.7 Å². The Balaban J connectivity index is 1.30. The van der Waals surface area contributed by atoms with Crippen molar-refractivity contribution in [3.8, 4) is 0 Å². The van der Waals surface area contributed by atoms with Gasteiger partial charge in [-0.2, -0.15) is 0 Å². The van der Waals surface area contributed by atoms with Crippen LogP contribution < -0.4 is 20.9 Å². The van der Waals surface area contributed by atoms with Gasteiger partial charge in [0.05, 0.1) is 10.7 Å². The summed E-state index contributed by atoms with van der Waals surface area (Å²) in [5, 5.41) is 10.4. The number of piperazine rings is 1. The molecule has 1 saturated carbocycles. The predicted octanol–water partition coefficient (Wildman–Crippen LogP) is 1.93. The molecule has 7 nitrogen and oxygen atoms in total. The maximum atomic E-state index is 11.7. The summed E-state index contributed by atoms with van der Waals surface area (Å²) in [4.78, 5) is 21.2. The van der Waals surface area contributed by atoms with Crippen LogP contribution in [0.25, 0.3) is 0 Å². The monoisotopic (exact) mass is 434 g/mol. The van der Waals surface area contributed by atoms with Gasteiger partial charge < -0.3 is 20.9 Å². The summed E-state index contributed by atoms with van der Waals surface area (Å²) in [6, 6.07) is 8.07. The molecule has 0 spiro atoms. The summed E-state index contributed by atoms with van der Waals surface area (Å²) >= 11 is 6.33. The Kier molecular flexibility index (Phi) is 9.08. The number of amides is 1. The molecular weight excluding hydrogens is 400 g/mol. The SMILES string of the molecule is CCNC(=NCCCN1CCN(c2ccccc2Cl)CC1)NCCNC(=O)C1CC1. The van der Waals surface area contributed by atoms with Crippen LogP contribution in [0.2, 0.25) is 5.02 Å². The molecule has 30 heavy (non-hydrogen) atoms. The van der Waals surface area contributed by atoms with E-state index in [9.17, 15) is 4.79 Å². The van der Waals surface area contributed by atoms with E-state index in [1.807, 2.05) is 18.2 Å². The van der Waals surface area contributed by atoms with Crippen LogP contribution in [0, 0.1) is 5.92 Å². The van der Waals surface area contributed by atoms with Crippen molar-refractivity contribution < 1.29 is 4.79 Å². The summed E-state index contributed by atoms with van der Waals surface area (Å²) in [5.41, 5.74) is 1.14. The van der Waals surface area contributed by atoms with E-state index < -0.39 is 0 Å². The minimum Gasteiger partial charge on any atom is -0.368 e. The first-order valence-electron chi connectivity index (χ1n) is 11.2. The molecule has 1 aromatic carbocycles. The van der Waals surface area contributed by atoms with Crippen LogP contribution in [0.15, 0.2) is 29.3 Å². The molecule has 8 heteroatoms. The fourth-order valence-electron chi connectivity index (χ4n) is 3.60. The van der Waals surface area contributed by atoms with Crippen molar-refractivity contribution in [2.45, 2.75) is 26.2 Å². The maximum absolute atomic E-state index is 11.7. The van der Waals surface area contributed by atoms with Crippen LogP contribution in [0.3, 0.4) is 0 Å². The highest BCUT2D eigenvalue weighted by Gasteiger charge is 2.28. The molecule has 2 aliphatic rings. The summed E-state index contributed by atoms with van der Waals surface area (Å²) < 4.78 is 0. The van der Waals surface area contributed by atoms with Crippen LogP contribution >= 0.6 is 11.6 Å². The molecule has 1 aliphatic heterocycles. The quantitative estimate of drug-likeness (QED) is 0.298. The molecule has 1 heterocycles. The van der Waals surface area contributed by atoms with Gasteiger partial charge >= 0.3 is 0 Å². The van der Waals surface area contributed by atoms with Gasteiger partial charge in [-0.15, -0.1) is 0 Å². The Hall–Kier alpha value is -1.99. The van der Waals surface area contributed by atoms with Crippen molar-refractivity contribution in [1.82, 2.24) is 20.9 Å². The summed E-state index contributed by atoms with van der Waals surface area (Å²) in [6.45, 7) is 10.2. The number of hydrogen-bond donors (Lipinski definition) is 3. The molecule has 0 aromatic heterocycles. The van der Waals surface area contributed by atoms with Gasteiger partial charge in [0.1, 0.15) is 0 Å². The maximum Gasteiger partial charge on any atom is 0.223 e. The van der Waals surface area contributed by atoms with Crippen molar-refractivity contribution >= 4 is 29.2 Å². The first-order valence-corrected chi connectivity index (χ1v) is 11.6. The molecule has 0 atom stereocenters. The molecular formula is C22H35ClN6O. The van der Waals surface area contributed by atoms with Crippen molar-refractivity contribution in [1.29, 1.82) is 0 Å². The van der Waals surface area contributed by atoms with E-state index in [-0.39, 0.29) is 11.8 Å². The average molecular weight is 435 g/mol. The smallest absolute Gasteiger partial charge is 0.223 e. The lowest BCUT2D eigenvalue weighted by atomic mass is 10.2. The number of anilines is 1. The number of guanidine groups is 1. The number of nitrogens with one attached hydrogen (secondary N) is 3. The number of aliphatic imine (C=N–C) groups is 1. The summed E-state index contributed by atoms with van der Waals surface area (Å²) in [5.74, 6) is 1.27. The van der Waals surface area contributed by atoms with Crippen molar-refractivity contribution in [2.24, 2.45) is 10.9 Å². The largest absolute Gasteiger partial charge is 0.368 e. The normalized spacial score (nSPS) is 17.7. The van der Waals surface area contributed by atoms with E-state index in [1.165, 1.54) is 0 Å². The molecule has 1 aromatic rings. The molecule has 2 fully saturated rings. The molecule has 0 bridgehead atoms. The molecule has 0 unspecified atom stereocenters. The average Bonchev–Trinajstić information content (AvgIpc) is 3.60. The highest BCUT2D eigenvalue weighted by Crippen LogP contribution is 2.28. The molecule has 166 valence electrons. The Morgan fingerprint density at radius 3 is 2.53 bits per heavy atom. The lowest BCUT2D eigenvalue weighted by Gasteiger charge is -2.36. The summed E-state index contributed by atoms with van der Waals surface area (Å²) in [7, 11) is 0. The van der Waals surface area contributed by atoms with E-state index in [0.717, 1.165) is 81.7 Å². The standard InChI is InChI=1S/C22H35ClN6O/c1-2-24-22(27-12-11-25-21(30)18-8-9-18)26-10-5-13-28-14-16-29(17-15-28)20-7-4-3-6-19(20)23/h3-4,6-7,18H,2,5,8-17H2,1H3,(H,25,30)(H2,24,26,27). The predicted molar refractivity (Wildman–Crippen MR) is 124 cm³/mol. The fraction of sp³-hybridized carbons (Fsp3) is 0.636. The highest BCUT2D eigenvalue weighted by atomic mass is 35.5. The number of nitrogens with zero attached hydrogens (tertiary/aromatic N) is 3. The number of halogens is 1. The number of benzene rings is 1. The van der Waals surface area contributed by atoms with Crippen molar-refractivity contribution in [3.63, 3.8) is 0 Å². The number of carbonyl (C=O) groups excluding carboxylic acids is 1. The Morgan fingerprint density at radius 2 is 1.83 bits per heavy atom. The van der Waals surface area contributed by atoms with Crippen LogP contribution in [0.5, 0.6) is 0 Å². The van der Waals surface area contributed by atoms with Crippen LogP contribution in [-0.4, -0.2) is 75.7 Å². The highest BCUT2D eigenvalue weighted by molar-refractivity contribution is 6.33. The Bertz CT molecular complexity index is 701. The molecule has 3 rings (SSSR count). The third-order valence-corrected chi connectivity index (χ3v) is 5.80. The van der Waals surface area contributed by atoms with Crippen LogP contribution in [0.4, 0.5) is 5.69 Å². The molecule has 1 amide bonds. The topological polar surface area (TPSA) is 72.0 Å². The zero-order valence-electron chi connectivity index (χ0n) is 18.0. The minimum atomic E-state index is 0.188. The lowest BCUT2D eigenvalue weighted by Crippen LogP contribution is -2.46. The second-order valence-electron chi connectivity index (χ2n) is 7.89. The first-order chi connectivity index (χ1) is 14.7. The molecule has 1 saturated heterocycles. The third kappa shape index (κ3) is 7.36. The number of hydrogen-bond acceptors (Lipinski definition) is 4. The second-order valence-corrected chi connectivity index (χ2v) is 8.29. The number of carbonyl (C=O) groups is 1. The van der Waals surface area contributed by atoms with Crippen molar-refractivity contribution in [2.75, 3.05) is 63.8 Å². The minimum absolute atomic E-state index is 0.188. The van der Waals surface area contributed by atoms with E-state index in [1.54, 1.807) is 0 Å². The van der Waals surface area contributed by atoms with Crippen molar-refractivity contribution in [3.05, 3.63) is 29.3 Å². The first kappa shape index (κ1) is 22.7. The van der Waals surface area contributed by atoms with Gasteiger partial charge in [0, 0.05) is 64.8 Å². The zero-order chi connectivity index (χ0) is 21.2. The van der Waals surface area contributed by atoms with Crippen LogP contribution in [0.1, 0.15) is 26.2 Å². The van der Waals surface area contributed by atoms with Gasteiger partial charge in [-0.25, -0.2) is 0 Å². The van der Waals surface area contributed by atoms with E-state index in [2.05, 4.69) is 43.7 Å². The van der Waals surface area contributed by atoms with Gasteiger partial charge in [-0.05, 0) is 38.3 Å². The fourth-order valence-corrected chi connectivity index (χ4v) is 3.86. The Morgan fingerprint density at radius 1 is 1.10 bits per heavy atom. The van der Waals surface area contributed by atoms with E-state index in [0.29, 0.717) is 13.1 Å². The van der Waals surface area contributed by atoms with Gasteiger partial charge in [-0.1, -0.05) is 23.7 Å². The third-order valence-electron chi connectivity index (χ3n) is 5.48. The molecule has 0 radical (unpaired) electrons. The summed E-state index contributed by atoms with van der Waals surface area (Å²) in [6.07, 6.45) is 3.11. The molecule has 1 aliphatic carbocycles. The van der Waals surface area contributed by atoms with Gasteiger partial charge in [0.15, 0.2) is 5.96 Å². The van der Waals surface area contributed by atoms with Crippen LogP contribution in [-0.2, 0) is 4.79 Å². The number of rotatable bonds is 10. The van der Waals surface area contributed by atoms with Gasteiger partial charge in [0.2, 0.25) is 5.91 Å².